The topological polar surface area (TPSA) is 29.1 Å². The third-order valence-corrected chi connectivity index (χ3v) is 3.51. The molecule has 0 aliphatic heterocycles. The Balaban J connectivity index is 1.94. The van der Waals surface area contributed by atoms with Crippen molar-refractivity contribution < 1.29 is 4.79 Å². The van der Waals surface area contributed by atoms with Gasteiger partial charge in [-0.2, -0.15) is 0 Å². The van der Waals surface area contributed by atoms with Crippen LogP contribution in [0.2, 0.25) is 5.02 Å². The smallest absolute Gasteiger partial charge is 0.179 e. The molecule has 1 atom stereocenters. The summed E-state index contributed by atoms with van der Waals surface area (Å²) in [4.78, 5) is 12.2. The van der Waals surface area contributed by atoms with Crippen LogP contribution in [0.25, 0.3) is 0 Å². The molecule has 0 fully saturated rings. The zero-order chi connectivity index (χ0) is 14.5. The van der Waals surface area contributed by atoms with Crippen molar-refractivity contribution in [1.82, 2.24) is 5.32 Å². The Morgan fingerprint density at radius 3 is 2.30 bits per heavy atom. The van der Waals surface area contributed by atoms with Crippen LogP contribution < -0.4 is 5.32 Å². The summed E-state index contributed by atoms with van der Waals surface area (Å²) in [6.45, 7) is 4.62. The summed E-state index contributed by atoms with van der Waals surface area (Å²) in [5.41, 5.74) is 3.09. The standard InChI is InChI=1S/C17H18ClNO/c1-12-3-5-14(6-4-12)11-19-13(2)17(20)15-7-9-16(18)10-8-15/h3-10,13,19H,11H2,1-2H3. The second kappa shape index (κ2) is 6.69. The minimum absolute atomic E-state index is 0.0776. The molecule has 104 valence electrons. The third kappa shape index (κ3) is 3.92. The van der Waals surface area contributed by atoms with E-state index in [2.05, 4.69) is 36.5 Å². The van der Waals surface area contributed by atoms with E-state index in [0.29, 0.717) is 17.1 Å². The van der Waals surface area contributed by atoms with Gasteiger partial charge in [0.15, 0.2) is 5.78 Å². The van der Waals surface area contributed by atoms with Crippen molar-refractivity contribution in [2.24, 2.45) is 0 Å². The lowest BCUT2D eigenvalue weighted by Crippen LogP contribution is -2.33. The van der Waals surface area contributed by atoms with E-state index in [-0.39, 0.29) is 11.8 Å². The van der Waals surface area contributed by atoms with Gasteiger partial charge < -0.3 is 5.32 Å². The van der Waals surface area contributed by atoms with Crippen molar-refractivity contribution in [2.45, 2.75) is 26.4 Å². The van der Waals surface area contributed by atoms with E-state index in [0.717, 1.165) is 0 Å². The molecule has 0 radical (unpaired) electrons. The van der Waals surface area contributed by atoms with Crippen LogP contribution in [0.3, 0.4) is 0 Å². The SMILES string of the molecule is Cc1ccc(CNC(C)C(=O)c2ccc(Cl)cc2)cc1. The first-order chi connectivity index (χ1) is 9.56. The number of aryl methyl sites for hydroxylation is 1. The molecule has 1 unspecified atom stereocenters. The Morgan fingerprint density at radius 2 is 1.70 bits per heavy atom. The minimum atomic E-state index is -0.225. The summed E-state index contributed by atoms with van der Waals surface area (Å²) in [5.74, 6) is 0.0776. The van der Waals surface area contributed by atoms with Crippen molar-refractivity contribution in [3.05, 3.63) is 70.2 Å². The van der Waals surface area contributed by atoms with Gasteiger partial charge in [-0.15, -0.1) is 0 Å². The van der Waals surface area contributed by atoms with Gasteiger partial charge in [-0.05, 0) is 43.7 Å². The number of halogens is 1. The molecular weight excluding hydrogens is 270 g/mol. The maximum Gasteiger partial charge on any atom is 0.179 e. The largest absolute Gasteiger partial charge is 0.303 e. The zero-order valence-corrected chi connectivity index (χ0v) is 12.4. The lowest BCUT2D eigenvalue weighted by atomic mass is 10.1. The summed E-state index contributed by atoms with van der Waals surface area (Å²) in [6.07, 6.45) is 0. The third-order valence-electron chi connectivity index (χ3n) is 3.25. The highest BCUT2D eigenvalue weighted by Crippen LogP contribution is 2.11. The molecule has 2 aromatic carbocycles. The maximum atomic E-state index is 12.2. The molecule has 0 aromatic heterocycles. The number of carbonyl (C=O) groups excluding carboxylic acids is 1. The van der Waals surface area contributed by atoms with Crippen LogP contribution in [0, 0.1) is 6.92 Å². The minimum Gasteiger partial charge on any atom is -0.303 e. The zero-order valence-electron chi connectivity index (χ0n) is 11.7. The number of carbonyl (C=O) groups is 1. The summed E-state index contributed by atoms with van der Waals surface area (Å²) in [7, 11) is 0. The first-order valence-corrected chi connectivity index (χ1v) is 7.03. The Kier molecular flexibility index (Phi) is 4.94. The molecule has 0 aliphatic rings. The van der Waals surface area contributed by atoms with E-state index in [1.807, 2.05) is 6.92 Å². The van der Waals surface area contributed by atoms with Gasteiger partial charge in [-0.25, -0.2) is 0 Å². The van der Waals surface area contributed by atoms with E-state index < -0.39 is 0 Å². The number of rotatable bonds is 5. The highest BCUT2D eigenvalue weighted by molar-refractivity contribution is 6.30. The Bertz CT molecular complexity index is 575. The van der Waals surface area contributed by atoms with Crippen molar-refractivity contribution in [3.63, 3.8) is 0 Å². The van der Waals surface area contributed by atoms with E-state index >= 15 is 0 Å². The lowest BCUT2D eigenvalue weighted by Gasteiger charge is -2.13. The van der Waals surface area contributed by atoms with E-state index in [9.17, 15) is 4.79 Å². The molecule has 2 nitrogen and oxygen atoms in total. The van der Waals surface area contributed by atoms with Crippen LogP contribution in [-0.4, -0.2) is 11.8 Å². The molecule has 2 aromatic rings. The Morgan fingerprint density at radius 1 is 1.10 bits per heavy atom. The average Bonchev–Trinajstić information content (AvgIpc) is 2.46. The molecule has 0 spiro atoms. The molecule has 2 rings (SSSR count). The quantitative estimate of drug-likeness (QED) is 0.842. The summed E-state index contributed by atoms with van der Waals surface area (Å²) < 4.78 is 0. The molecule has 0 heterocycles. The molecular formula is C17H18ClNO. The summed E-state index contributed by atoms with van der Waals surface area (Å²) >= 11 is 5.82. The Labute approximate surface area is 124 Å². The van der Waals surface area contributed by atoms with E-state index in [1.54, 1.807) is 24.3 Å². The van der Waals surface area contributed by atoms with Gasteiger partial charge in [0.1, 0.15) is 0 Å². The number of Topliss-reactive ketones (excluding diaryl/α,β-unsaturated/α-hetero) is 1. The molecule has 0 amide bonds. The second-order valence-corrected chi connectivity index (χ2v) is 5.40. The van der Waals surface area contributed by atoms with Gasteiger partial charge in [0.25, 0.3) is 0 Å². The number of hydrogen-bond acceptors (Lipinski definition) is 2. The normalized spacial score (nSPS) is 12.2. The molecule has 3 heteroatoms. The predicted octanol–water partition coefficient (Wildman–Crippen LogP) is 4.01. The monoisotopic (exact) mass is 287 g/mol. The number of benzene rings is 2. The van der Waals surface area contributed by atoms with Crippen LogP contribution in [0.5, 0.6) is 0 Å². The molecule has 0 saturated heterocycles. The van der Waals surface area contributed by atoms with Crippen LogP contribution in [0.15, 0.2) is 48.5 Å². The van der Waals surface area contributed by atoms with Gasteiger partial charge in [-0.1, -0.05) is 41.4 Å². The molecule has 0 aliphatic carbocycles. The van der Waals surface area contributed by atoms with Crippen molar-refractivity contribution in [3.8, 4) is 0 Å². The van der Waals surface area contributed by atoms with Crippen LogP contribution >= 0.6 is 11.6 Å². The highest BCUT2D eigenvalue weighted by Gasteiger charge is 2.14. The van der Waals surface area contributed by atoms with Crippen LogP contribution in [0.1, 0.15) is 28.4 Å². The molecule has 20 heavy (non-hydrogen) atoms. The van der Waals surface area contributed by atoms with Crippen molar-refractivity contribution in [1.29, 1.82) is 0 Å². The number of ketones is 1. The molecule has 0 saturated carbocycles. The van der Waals surface area contributed by atoms with Gasteiger partial charge in [0.2, 0.25) is 0 Å². The van der Waals surface area contributed by atoms with Gasteiger partial charge in [0.05, 0.1) is 6.04 Å². The van der Waals surface area contributed by atoms with Crippen molar-refractivity contribution in [2.75, 3.05) is 0 Å². The van der Waals surface area contributed by atoms with Gasteiger partial charge >= 0.3 is 0 Å². The van der Waals surface area contributed by atoms with E-state index in [4.69, 9.17) is 11.6 Å². The fraction of sp³-hybridized carbons (Fsp3) is 0.235. The summed E-state index contributed by atoms with van der Waals surface area (Å²) in [5, 5.41) is 3.89. The first kappa shape index (κ1) is 14.8. The van der Waals surface area contributed by atoms with Gasteiger partial charge in [-0.3, -0.25) is 4.79 Å². The van der Waals surface area contributed by atoms with Crippen LogP contribution in [-0.2, 0) is 6.54 Å². The molecule has 0 bridgehead atoms. The predicted molar refractivity (Wildman–Crippen MR) is 83.3 cm³/mol. The average molecular weight is 288 g/mol. The highest BCUT2D eigenvalue weighted by atomic mass is 35.5. The number of nitrogens with one attached hydrogen (secondary N) is 1. The fourth-order valence-corrected chi connectivity index (χ4v) is 2.06. The Hall–Kier alpha value is -1.64. The lowest BCUT2D eigenvalue weighted by molar-refractivity contribution is 0.0950. The van der Waals surface area contributed by atoms with E-state index in [1.165, 1.54) is 11.1 Å². The maximum absolute atomic E-state index is 12.2. The summed E-state index contributed by atoms with van der Waals surface area (Å²) in [6, 6.07) is 15.1. The second-order valence-electron chi connectivity index (χ2n) is 4.96. The molecule has 1 N–H and O–H groups in total. The fourth-order valence-electron chi connectivity index (χ4n) is 1.93. The van der Waals surface area contributed by atoms with Gasteiger partial charge in [0, 0.05) is 17.1 Å². The van der Waals surface area contributed by atoms with Crippen molar-refractivity contribution >= 4 is 17.4 Å². The van der Waals surface area contributed by atoms with Crippen LogP contribution in [0.4, 0.5) is 0 Å². The first-order valence-electron chi connectivity index (χ1n) is 6.65. The number of hydrogen-bond donors (Lipinski definition) is 1.